The predicted octanol–water partition coefficient (Wildman–Crippen LogP) is 1.27. The molecule has 0 spiro atoms. The summed E-state index contributed by atoms with van der Waals surface area (Å²) in [5.41, 5.74) is 5.11. The summed E-state index contributed by atoms with van der Waals surface area (Å²) in [6, 6.07) is -0.0483. The van der Waals surface area contributed by atoms with Crippen molar-refractivity contribution in [2.45, 2.75) is 51.2 Å². The quantitative estimate of drug-likeness (QED) is 0.648. The Bertz CT molecular complexity index is 124. The molecule has 3 N–H and O–H groups in total. The molecule has 1 saturated carbocycles. The monoisotopic (exact) mass is 157 g/mol. The van der Waals surface area contributed by atoms with E-state index in [4.69, 9.17) is 5.73 Å². The van der Waals surface area contributed by atoms with Crippen molar-refractivity contribution in [1.82, 2.24) is 0 Å². The van der Waals surface area contributed by atoms with Gasteiger partial charge in [-0.3, -0.25) is 0 Å². The van der Waals surface area contributed by atoms with E-state index in [1.165, 1.54) is 19.3 Å². The van der Waals surface area contributed by atoms with Crippen molar-refractivity contribution in [2.75, 3.05) is 0 Å². The Balaban J connectivity index is 2.24. The van der Waals surface area contributed by atoms with Crippen LogP contribution in [0.1, 0.15) is 39.5 Å². The van der Waals surface area contributed by atoms with E-state index in [1.54, 1.807) is 13.8 Å². The molecule has 0 aromatic rings. The summed E-state index contributed by atoms with van der Waals surface area (Å²) in [6.45, 7) is 3.58. The lowest BCUT2D eigenvalue weighted by Gasteiger charge is -2.33. The van der Waals surface area contributed by atoms with Gasteiger partial charge in [-0.05, 0) is 26.2 Å². The first-order valence-corrected chi connectivity index (χ1v) is 4.48. The fourth-order valence-electron chi connectivity index (χ4n) is 1.38. The molecule has 1 atom stereocenters. The van der Waals surface area contributed by atoms with Crippen molar-refractivity contribution in [3.63, 3.8) is 0 Å². The average molecular weight is 157 g/mol. The summed E-state index contributed by atoms with van der Waals surface area (Å²) < 4.78 is 0. The Kier molecular flexibility index (Phi) is 2.55. The zero-order chi connectivity index (χ0) is 8.48. The zero-order valence-corrected chi connectivity index (χ0v) is 7.51. The molecule has 0 bridgehead atoms. The number of rotatable bonds is 3. The summed E-state index contributed by atoms with van der Waals surface area (Å²) >= 11 is 0. The lowest BCUT2D eigenvalue weighted by Crippen LogP contribution is -2.44. The van der Waals surface area contributed by atoms with Crippen LogP contribution in [0.5, 0.6) is 0 Å². The molecule has 1 unspecified atom stereocenters. The van der Waals surface area contributed by atoms with Gasteiger partial charge in [0.25, 0.3) is 0 Å². The van der Waals surface area contributed by atoms with Crippen LogP contribution in [-0.2, 0) is 0 Å². The molecule has 0 saturated heterocycles. The van der Waals surface area contributed by atoms with Crippen LogP contribution in [0.4, 0.5) is 0 Å². The molecule has 0 aromatic carbocycles. The second kappa shape index (κ2) is 3.11. The Morgan fingerprint density at radius 1 is 1.55 bits per heavy atom. The second-order valence-corrected chi connectivity index (χ2v) is 4.29. The fraction of sp³-hybridized carbons (Fsp3) is 1.00. The van der Waals surface area contributed by atoms with Gasteiger partial charge in [-0.15, -0.1) is 0 Å². The average Bonchev–Trinajstić information content (AvgIpc) is 1.75. The number of aliphatic hydroxyl groups is 1. The first-order chi connectivity index (χ1) is 5.00. The van der Waals surface area contributed by atoms with Crippen LogP contribution >= 0.6 is 0 Å². The maximum Gasteiger partial charge on any atom is 0.0742 e. The Labute approximate surface area is 68.8 Å². The molecule has 1 aliphatic rings. The van der Waals surface area contributed by atoms with Gasteiger partial charge in [-0.2, -0.15) is 0 Å². The first kappa shape index (κ1) is 9.01. The normalized spacial score (nSPS) is 22.9. The van der Waals surface area contributed by atoms with E-state index in [1.807, 2.05) is 0 Å². The highest BCUT2D eigenvalue weighted by Crippen LogP contribution is 2.31. The van der Waals surface area contributed by atoms with Crippen LogP contribution in [0, 0.1) is 5.92 Å². The molecular weight excluding hydrogens is 138 g/mol. The largest absolute Gasteiger partial charge is 0.389 e. The SMILES string of the molecule is CC(C)(O)C(N)CC1CCC1. The second-order valence-electron chi connectivity index (χ2n) is 4.29. The molecule has 1 rings (SSSR count). The van der Waals surface area contributed by atoms with Crippen LogP contribution in [-0.4, -0.2) is 16.7 Å². The summed E-state index contributed by atoms with van der Waals surface area (Å²) in [7, 11) is 0. The molecular formula is C9H19NO. The van der Waals surface area contributed by atoms with Gasteiger partial charge in [0, 0.05) is 6.04 Å². The molecule has 1 aliphatic carbocycles. The number of hydrogen-bond donors (Lipinski definition) is 2. The van der Waals surface area contributed by atoms with Crippen molar-refractivity contribution in [2.24, 2.45) is 11.7 Å². The third-order valence-corrected chi connectivity index (χ3v) is 2.72. The van der Waals surface area contributed by atoms with Crippen molar-refractivity contribution >= 4 is 0 Å². The summed E-state index contributed by atoms with van der Waals surface area (Å²) in [5, 5.41) is 9.53. The van der Waals surface area contributed by atoms with Crippen LogP contribution < -0.4 is 5.73 Å². The van der Waals surface area contributed by atoms with E-state index in [0.717, 1.165) is 12.3 Å². The highest BCUT2D eigenvalue weighted by Gasteiger charge is 2.28. The number of nitrogens with two attached hydrogens (primary N) is 1. The van der Waals surface area contributed by atoms with Gasteiger partial charge in [0.15, 0.2) is 0 Å². The van der Waals surface area contributed by atoms with Crippen LogP contribution in [0.2, 0.25) is 0 Å². The van der Waals surface area contributed by atoms with Gasteiger partial charge in [0.05, 0.1) is 5.60 Å². The Morgan fingerprint density at radius 3 is 2.36 bits per heavy atom. The molecule has 2 heteroatoms. The first-order valence-electron chi connectivity index (χ1n) is 4.48. The third kappa shape index (κ3) is 2.46. The maximum atomic E-state index is 9.53. The van der Waals surface area contributed by atoms with Gasteiger partial charge >= 0.3 is 0 Å². The molecule has 0 aromatic heterocycles. The molecule has 66 valence electrons. The van der Waals surface area contributed by atoms with E-state index < -0.39 is 5.60 Å². The highest BCUT2D eigenvalue weighted by molar-refractivity contribution is 4.84. The standard InChI is InChI=1S/C9H19NO/c1-9(2,11)8(10)6-7-4-3-5-7/h7-8,11H,3-6,10H2,1-2H3. The van der Waals surface area contributed by atoms with Gasteiger partial charge in [0.2, 0.25) is 0 Å². The van der Waals surface area contributed by atoms with Crippen LogP contribution in [0.15, 0.2) is 0 Å². The smallest absolute Gasteiger partial charge is 0.0742 e. The minimum absolute atomic E-state index is 0.0483. The molecule has 0 aliphatic heterocycles. The zero-order valence-electron chi connectivity index (χ0n) is 7.51. The molecule has 1 fully saturated rings. The maximum absolute atomic E-state index is 9.53. The van der Waals surface area contributed by atoms with Crippen molar-refractivity contribution in [1.29, 1.82) is 0 Å². The van der Waals surface area contributed by atoms with E-state index in [9.17, 15) is 5.11 Å². The molecule has 0 radical (unpaired) electrons. The summed E-state index contributed by atoms with van der Waals surface area (Å²) in [6.07, 6.45) is 4.96. The van der Waals surface area contributed by atoms with E-state index in [-0.39, 0.29) is 6.04 Å². The molecule has 2 nitrogen and oxygen atoms in total. The van der Waals surface area contributed by atoms with E-state index in [0.29, 0.717) is 0 Å². The van der Waals surface area contributed by atoms with Crippen molar-refractivity contribution in [3.8, 4) is 0 Å². The van der Waals surface area contributed by atoms with Gasteiger partial charge in [0.1, 0.15) is 0 Å². The van der Waals surface area contributed by atoms with Gasteiger partial charge in [-0.25, -0.2) is 0 Å². The van der Waals surface area contributed by atoms with Crippen molar-refractivity contribution < 1.29 is 5.11 Å². The van der Waals surface area contributed by atoms with Gasteiger partial charge < -0.3 is 10.8 Å². The summed E-state index contributed by atoms with van der Waals surface area (Å²) in [4.78, 5) is 0. The van der Waals surface area contributed by atoms with Gasteiger partial charge in [-0.1, -0.05) is 19.3 Å². The molecule has 0 amide bonds. The molecule has 0 heterocycles. The minimum Gasteiger partial charge on any atom is -0.389 e. The predicted molar refractivity (Wildman–Crippen MR) is 46.2 cm³/mol. The topological polar surface area (TPSA) is 46.2 Å². The van der Waals surface area contributed by atoms with E-state index in [2.05, 4.69) is 0 Å². The molecule has 11 heavy (non-hydrogen) atoms. The fourth-order valence-corrected chi connectivity index (χ4v) is 1.38. The minimum atomic E-state index is -0.699. The number of hydrogen-bond acceptors (Lipinski definition) is 2. The Hall–Kier alpha value is -0.0800. The third-order valence-electron chi connectivity index (χ3n) is 2.72. The summed E-state index contributed by atoms with van der Waals surface area (Å²) in [5.74, 6) is 0.788. The van der Waals surface area contributed by atoms with Crippen molar-refractivity contribution in [3.05, 3.63) is 0 Å². The lowest BCUT2D eigenvalue weighted by atomic mass is 9.78. The van der Waals surface area contributed by atoms with E-state index >= 15 is 0 Å². The highest BCUT2D eigenvalue weighted by atomic mass is 16.3. The lowest BCUT2D eigenvalue weighted by molar-refractivity contribution is 0.0376. The van der Waals surface area contributed by atoms with Crippen LogP contribution in [0.3, 0.4) is 0 Å². The van der Waals surface area contributed by atoms with Crippen LogP contribution in [0.25, 0.3) is 0 Å². The Morgan fingerprint density at radius 2 is 2.09 bits per heavy atom.